The Hall–Kier alpha value is -2.36. The Morgan fingerprint density at radius 3 is 2.33 bits per heavy atom. The number of allylic oxidation sites excluding steroid dienone is 2. The van der Waals surface area contributed by atoms with E-state index >= 15 is 0 Å². The average Bonchev–Trinajstić information content (AvgIpc) is 2.90. The summed E-state index contributed by atoms with van der Waals surface area (Å²) in [4.78, 5) is 24.5. The lowest BCUT2D eigenvalue weighted by Crippen LogP contribution is -2.27. The quantitative estimate of drug-likeness (QED) is 0.810. The third kappa shape index (κ3) is 1.39. The number of ketones is 2. The molecule has 1 heterocycles. The van der Waals surface area contributed by atoms with Crippen LogP contribution in [0.15, 0.2) is 47.4 Å². The van der Waals surface area contributed by atoms with Gasteiger partial charge in [0.15, 0.2) is 5.78 Å². The molecular weight excluding hydrogens is 230 g/mol. The van der Waals surface area contributed by atoms with E-state index in [2.05, 4.69) is 0 Å². The fourth-order valence-corrected chi connectivity index (χ4v) is 2.28. The first-order valence-corrected chi connectivity index (χ1v) is 5.69. The Morgan fingerprint density at radius 2 is 1.72 bits per heavy atom. The van der Waals surface area contributed by atoms with Gasteiger partial charge in [0.2, 0.25) is 5.78 Å². The Labute approximate surface area is 104 Å². The Balaban J connectivity index is 2.19. The number of Topliss-reactive ketones (excluding diaryl/α,β-unsaturated/α-hetero) is 2. The van der Waals surface area contributed by atoms with Gasteiger partial charge in [0.25, 0.3) is 0 Å². The average molecular weight is 241 g/mol. The van der Waals surface area contributed by atoms with Crippen LogP contribution in [0.4, 0.5) is 0 Å². The summed E-state index contributed by atoms with van der Waals surface area (Å²) in [5.41, 5.74) is 7.65. The highest BCUT2D eigenvalue weighted by atomic mass is 16.5. The molecule has 4 heteroatoms. The van der Waals surface area contributed by atoms with Gasteiger partial charge in [-0.05, 0) is 0 Å². The van der Waals surface area contributed by atoms with E-state index in [-0.39, 0.29) is 17.3 Å². The van der Waals surface area contributed by atoms with E-state index in [4.69, 9.17) is 10.5 Å². The summed E-state index contributed by atoms with van der Waals surface area (Å²) in [6.45, 7) is 0.523. The molecule has 0 saturated heterocycles. The molecule has 18 heavy (non-hydrogen) atoms. The molecule has 1 aromatic carbocycles. The summed E-state index contributed by atoms with van der Waals surface area (Å²) in [6, 6.07) is 6.74. The van der Waals surface area contributed by atoms with Crippen molar-refractivity contribution in [3.05, 3.63) is 58.5 Å². The van der Waals surface area contributed by atoms with Gasteiger partial charge in [-0.2, -0.15) is 0 Å². The Kier molecular flexibility index (Phi) is 2.30. The van der Waals surface area contributed by atoms with Gasteiger partial charge in [-0.1, -0.05) is 24.3 Å². The van der Waals surface area contributed by atoms with Gasteiger partial charge in [0.1, 0.15) is 0 Å². The molecule has 0 amide bonds. The van der Waals surface area contributed by atoms with Crippen molar-refractivity contribution in [2.75, 3.05) is 6.61 Å². The minimum absolute atomic E-state index is 0.0236. The second-order valence-corrected chi connectivity index (χ2v) is 4.26. The molecule has 1 aromatic rings. The van der Waals surface area contributed by atoms with Crippen LogP contribution in [0.2, 0.25) is 0 Å². The van der Waals surface area contributed by atoms with E-state index < -0.39 is 0 Å². The maximum Gasteiger partial charge on any atom is 0.210 e. The lowest BCUT2D eigenvalue weighted by molar-refractivity contribution is 0.0975. The molecule has 4 nitrogen and oxygen atoms in total. The summed E-state index contributed by atoms with van der Waals surface area (Å²) in [5.74, 6) is -0.479. The molecule has 0 spiro atoms. The van der Waals surface area contributed by atoms with Crippen LogP contribution in [0, 0.1) is 0 Å². The van der Waals surface area contributed by atoms with E-state index in [1.54, 1.807) is 24.3 Å². The smallest absolute Gasteiger partial charge is 0.210 e. The summed E-state index contributed by atoms with van der Waals surface area (Å²) < 4.78 is 5.11. The number of nitrogens with two attached hydrogens (primary N) is 1. The zero-order valence-corrected chi connectivity index (χ0v) is 9.60. The molecule has 0 bridgehead atoms. The summed E-state index contributed by atoms with van der Waals surface area (Å²) in [5, 5.41) is 0. The Bertz CT molecular complexity index is 626. The van der Waals surface area contributed by atoms with Crippen LogP contribution < -0.4 is 5.73 Å². The third-order valence-corrected chi connectivity index (χ3v) is 3.19. The fraction of sp³-hybridized carbons (Fsp3) is 0.143. The molecule has 0 radical (unpaired) electrons. The van der Waals surface area contributed by atoms with E-state index in [1.807, 2.05) is 0 Å². The lowest BCUT2D eigenvalue weighted by Gasteiger charge is -2.18. The first kappa shape index (κ1) is 10.8. The van der Waals surface area contributed by atoms with E-state index in [0.29, 0.717) is 35.3 Å². The number of carbonyl (C=O) groups is 2. The van der Waals surface area contributed by atoms with Gasteiger partial charge in [-0.15, -0.1) is 0 Å². The normalized spacial score (nSPS) is 18.6. The molecule has 0 saturated carbocycles. The summed E-state index contributed by atoms with van der Waals surface area (Å²) >= 11 is 0. The molecule has 1 aliphatic heterocycles. The highest BCUT2D eigenvalue weighted by Gasteiger charge is 2.33. The molecule has 0 fully saturated rings. The number of hydrogen-bond donors (Lipinski definition) is 1. The molecular formula is C14H11NO3. The second kappa shape index (κ2) is 3.84. The highest BCUT2D eigenvalue weighted by Crippen LogP contribution is 2.31. The molecule has 2 N–H and O–H groups in total. The standard InChI is InChI=1S/C14H11NO3/c15-12-11(8-5-6-18-7-8)13(16)9-3-1-2-4-10(9)14(12)17/h1-4,7H,5-6,15H2. The van der Waals surface area contributed by atoms with Gasteiger partial charge >= 0.3 is 0 Å². The predicted molar refractivity (Wildman–Crippen MR) is 65.0 cm³/mol. The lowest BCUT2D eigenvalue weighted by atomic mass is 9.84. The van der Waals surface area contributed by atoms with E-state index in [1.165, 1.54) is 6.26 Å². The van der Waals surface area contributed by atoms with Crippen molar-refractivity contribution in [3.63, 3.8) is 0 Å². The van der Waals surface area contributed by atoms with Gasteiger partial charge in [-0.25, -0.2) is 0 Å². The van der Waals surface area contributed by atoms with Crippen LogP contribution in [0.25, 0.3) is 0 Å². The van der Waals surface area contributed by atoms with Crippen LogP contribution in [0.3, 0.4) is 0 Å². The van der Waals surface area contributed by atoms with Gasteiger partial charge < -0.3 is 10.5 Å². The first-order valence-electron chi connectivity index (χ1n) is 5.69. The number of benzene rings is 1. The topological polar surface area (TPSA) is 69.4 Å². The summed E-state index contributed by atoms with van der Waals surface area (Å²) in [7, 11) is 0. The second-order valence-electron chi connectivity index (χ2n) is 4.26. The van der Waals surface area contributed by atoms with Crippen molar-refractivity contribution >= 4 is 11.6 Å². The minimum Gasteiger partial charge on any atom is -0.501 e. The number of fused-ring (bicyclic) bond motifs is 1. The molecule has 2 aliphatic rings. The van der Waals surface area contributed by atoms with E-state index in [9.17, 15) is 9.59 Å². The van der Waals surface area contributed by atoms with Crippen LogP contribution >= 0.6 is 0 Å². The van der Waals surface area contributed by atoms with Crippen molar-refractivity contribution in [2.24, 2.45) is 5.73 Å². The minimum atomic E-state index is -0.284. The molecule has 0 atom stereocenters. The van der Waals surface area contributed by atoms with Crippen LogP contribution in [0.5, 0.6) is 0 Å². The van der Waals surface area contributed by atoms with Crippen molar-refractivity contribution in [1.82, 2.24) is 0 Å². The molecule has 0 aromatic heterocycles. The third-order valence-electron chi connectivity index (χ3n) is 3.19. The SMILES string of the molecule is NC1=C(C2=COCC2)C(=O)c2ccccc2C1=O. The summed E-state index contributed by atoms with van der Waals surface area (Å²) in [6.07, 6.45) is 2.12. The van der Waals surface area contributed by atoms with Gasteiger partial charge in [0, 0.05) is 23.1 Å². The molecule has 3 rings (SSSR count). The highest BCUT2D eigenvalue weighted by molar-refractivity contribution is 6.28. The van der Waals surface area contributed by atoms with Gasteiger partial charge in [0.05, 0.1) is 24.1 Å². The van der Waals surface area contributed by atoms with Crippen molar-refractivity contribution < 1.29 is 14.3 Å². The number of ether oxygens (including phenoxy) is 1. The largest absolute Gasteiger partial charge is 0.501 e. The number of hydrogen-bond acceptors (Lipinski definition) is 4. The monoisotopic (exact) mass is 241 g/mol. The number of rotatable bonds is 1. The fourth-order valence-electron chi connectivity index (χ4n) is 2.28. The van der Waals surface area contributed by atoms with Crippen molar-refractivity contribution in [1.29, 1.82) is 0 Å². The molecule has 90 valence electrons. The van der Waals surface area contributed by atoms with Crippen LogP contribution in [-0.2, 0) is 4.74 Å². The maximum absolute atomic E-state index is 12.4. The first-order chi connectivity index (χ1) is 8.70. The maximum atomic E-state index is 12.4. The van der Waals surface area contributed by atoms with Crippen LogP contribution in [-0.4, -0.2) is 18.2 Å². The predicted octanol–water partition coefficient (Wildman–Crippen LogP) is 1.58. The Morgan fingerprint density at radius 1 is 1.06 bits per heavy atom. The van der Waals surface area contributed by atoms with Crippen molar-refractivity contribution in [2.45, 2.75) is 6.42 Å². The van der Waals surface area contributed by atoms with Crippen molar-refractivity contribution in [3.8, 4) is 0 Å². The van der Waals surface area contributed by atoms with E-state index in [0.717, 1.165) is 0 Å². The molecule has 1 aliphatic carbocycles. The molecule has 0 unspecified atom stereocenters. The zero-order chi connectivity index (χ0) is 12.7. The zero-order valence-electron chi connectivity index (χ0n) is 9.60. The van der Waals surface area contributed by atoms with Crippen LogP contribution in [0.1, 0.15) is 27.1 Å². The van der Waals surface area contributed by atoms with Gasteiger partial charge in [-0.3, -0.25) is 9.59 Å². The number of carbonyl (C=O) groups excluding carboxylic acids is 2.